The van der Waals surface area contributed by atoms with Crippen LogP contribution in [0.1, 0.15) is 31.4 Å². The third-order valence-corrected chi connectivity index (χ3v) is 5.03. The molecule has 1 aliphatic heterocycles. The Bertz CT molecular complexity index is 896. The van der Waals surface area contributed by atoms with E-state index in [-0.39, 0.29) is 6.54 Å². The Morgan fingerprint density at radius 1 is 1.11 bits per heavy atom. The fourth-order valence-electron chi connectivity index (χ4n) is 3.21. The lowest BCUT2D eigenvalue weighted by atomic mass is 9.92. The van der Waals surface area contributed by atoms with Crippen LogP contribution in [0.3, 0.4) is 0 Å². The molecule has 3 rings (SSSR count). The van der Waals surface area contributed by atoms with E-state index in [1.165, 1.54) is 5.56 Å². The van der Waals surface area contributed by atoms with Gasteiger partial charge in [0.25, 0.3) is 5.91 Å². The van der Waals surface area contributed by atoms with Gasteiger partial charge >= 0.3 is 6.03 Å². The number of benzene rings is 2. The molecule has 0 spiro atoms. The summed E-state index contributed by atoms with van der Waals surface area (Å²) < 4.78 is 0. The summed E-state index contributed by atoms with van der Waals surface area (Å²) in [5, 5.41) is 5.93. The minimum Gasteiger partial charge on any atom is -0.325 e. The van der Waals surface area contributed by atoms with E-state index in [4.69, 9.17) is 11.6 Å². The molecule has 4 amide bonds. The number of imide groups is 1. The number of carbonyl (C=O) groups excluding carboxylic acids is 3. The molecule has 1 saturated heterocycles. The van der Waals surface area contributed by atoms with E-state index < -0.39 is 23.4 Å². The number of aryl methyl sites for hydroxylation is 1. The van der Waals surface area contributed by atoms with E-state index in [2.05, 4.69) is 17.6 Å². The van der Waals surface area contributed by atoms with Crippen molar-refractivity contribution in [2.75, 3.05) is 11.9 Å². The molecule has 0 aromatic heterocycles. The van der Waals surface area contributed by atoms with Crippen LogP contribution in [0, 0.1) is 0 Å². The monoisotopic (exact) mass is 399 g/mol. The van der Waals surface area contributed by atoms with Crippen LogP contribution in [0.15, 0.2) is 48.5 Å². The minimum absolute atomic E-state index is 0.357. The van der Waals surface area contributed by atoms with E-state index in [1.807, 2.05) is 24.3 Å². The van der Waals surface area contributed by atoms with E-state index >= 15 is 0 Å². The first-order valence-electron chi connectivity index (χ1n) is 9.12. The van der Waals surface area contributed by atoms with Gasteiger partial charge in [-0.2, -0.15) is 0 Å². The van der Waals surface area contributed by atoms with Gasteiger partial charge < -0.3 is 10.6 Å². The third kappa shape index (κ3) is 4.02. The summed E-state index contributed by atoms with van der Waals surface area (Å²) in [5.74, 6) is -0.916. The van der Waals surface area contributed by atoms with Crippen LogP contribution < -0.4 is 10.6 Å². The second kappa shape index (κ2) is 8.02. The van der Waals surface area contributed by atoms with Crippen molar-refractivity contribution in [3.05, 3.63) is 64.7 Å². The summed E-state index contributed by atoms with van der Waals surface area (Å²) in [6.07, 6.45) is 2.02. The SMILES string of the molecule is CCCc1ccc(NC(=O)CN2C(=O)NC(C)(c3ccc(Cl)cc3)C2=O)cc1. The van der Waals surface area contributed by atoms with Gasteiger partial charge in [0.05, 0.1) is 0 Å². The van der Waals surface area contributed by atoms with Crippen LogP contribution >= 0.6 is 11.6 Å². The zero-order valence-corrected chi connectivity index (χ0v) is 16.5. The Balaban J connectivity index is 1.68. The van der Waals surface area contributed by atoms with Crippen molar-refractivity contribution in [2.45, 2.75) is 32.2 Å². The maximum atomic E-state index is 12.9. The highest BCUT2D eigenvalue weighted by Gasteiger charge is 2.49. The van der Waals surface area contributed by atoms with Crippen molar-refractivity contribution >= 4 is 35.1 Å². The molecule has 7 heteroatoms. The van der Waals surface area contributed by atoms with Crippen molar-refractivity contribution in [1.82, 2.24) is 10.2 Å². The number of anilines is 1. The Morgan fingerprint density at radius 3 is 2.36 bits per heavy atom. The number of halogens is 1. The van der Waals surface area contributed by atoms with Crippen LogP contribution in [0.5, 0.6) is 0 Å². The summed E-state index contributed by atoms with van der Waals surface area (Å²) >= 11 is 5.89. The van der Waals surface area contributed by atoms with Crippen LogP contribution in [0.2, 0.25) is 5.02 Å². The molecular formula is C21H22ClN3O3. The van der Waals surface area contributed by atoms with Crippen LogP contribution in [0.25, 0.3) is 0 Å². The predicted molar refractivity (Wildman–Crippen MR) is 108 cm³/mol. The van der Waals surface area contributed by atoms with E-state index in [1.54, 1.807) is 31.2 Å². The van der Waals surface area contributed by atoms with Crippen molar-refractivity contribution in [3.8, 4) is 0 Å². The van der Waals surface area contributed by atoms with Gasteiger partial charge in [0.1, 0.15) is 12.1 Å². The molecule has 28 heavy (non-hydrogen) atoms. The second-order valence-electron chi connectivity index (χ2n) is 6.95. The molecule has 1 unspecified atom stereocenters. The van der Waals surface area contributed by atoms with Gasteiger partial charge in [0.15, 0.2) is 0 Å². The van der Waals surface area contributed by atoms with Crippen LogP contribution in [-0.2, 0) is 21.5 Å². The number of nitrogens with zero attached hydrogens (tertiary/aromatic N) is 1. The van der Waals surface area contributed by atoms with Crippen molar-refractivity contribution in [1.29, 1.82) is 0 Å². The largest absolute Gasteiger partial charge is 0.325 e. The summed E-state index contributed by atoms with van der Waals surface area (Å²) in [7, 11) is 0. The molecule has 2 aromatic carbocycles. The van der Waals surface area contributed by atoms with Gasteiger partial charge in [-0.15, -0.1) is 0 Å². The van der Waals surface area contributed by atoms with Crippen molar-refractivity contribution in [2.24, 2.45) is 0 Å². The zero-order chi connectivity index (χ0) is 20.3. The smallest absolute Gasteiger partial charge is 0.325 e. The molecule has 146 valence electrons. The summed E-state index contributed by atoms with van der Waals surface area (Å²) in [6, 6.07) is 13.6. The molecule has 1 fully saturated rings. The maximum absolute atomic E-state index is 12.9. The second-order valence-corrected chi connectivity index (χ2v) is 7.38. The molecule has 0 aliphatic carbocycles. The molecule has 0 saturated carbocycles. The summed E-state index contributed by atoms with van der Waals surface area (Å²) in [5.41, 5.74) is 1.18. The highest BCUT2D eigenvalue weighted by atomic mass is 35.5. The number of carbonyl (C=O) groups is 3. The number of nitrogens with one attached hydrogen (secondary N) is 2. The topological polar surface area (TPSA) is 78.5 Å². The lowest BCUT2D eigenvalue weighted by molar-refractivity contribution is -0.133. The van der Waals surface area contributed by atoms with E-state index in [0.29, 0.717) is 16.3 Å². The molecule has 2 N–H and O–H groups in total. The Hall–Kier alpha value is -2.86. The average Bonchev–Trinajstić information content (AvgIpc) is 2.88. The van der Waals surface area contributed by atoms with Crippen LogP contribution in [-0.4, -0.2) is 29.3 Å². The van der Waals surface area contributed by atoms with E-state index in [0.717, 1.165) is 17.7 Å². The molecule has 0 radical (unpaired) electrons. The third-order valence-electron chi connectivity index (χ3n) is 4.77. The predicted octanol–water partition coefficient (Wildman–Crippen LogP) is 3.70. The van der Waals surface area contributed by atoms with Gasteiger partial charge in [0, 0.05) is 10.7 Å². The molecule has 1 aliphatic rings. The molecule has 6 nitrogen and oxygen atoms in total. The minimum atomic E-state index is -1.23. The Morgan fingerprint density at radius 2 is 1.75 bits per heavy atom. The first kappa shape index (κ1) is 19.9. The molecule has 0 bridgehead atoms. The number of hydrogen-bond acceptors (Lipinski definition) is 3. The van der Waals surface area contributed by atoms with E-state index in [9.17, 15) is 14.4 Å². The molecule has 2 aromatic rings. The number of amides is 4. The summed E-state index contributed by atoms with van der Waals surface area (Å²) in [6.45, 7) is 3.36. The van der Waals surface area contributed by atoms with Crippen molar-refractivity contribution in [3.63, 3.8) is 0 Å². The fourth-order valence-corrected chi connectivity index (χ4v) is 3.33. The van der Waals surface area contributed by atoms with Gasteiger partial charge in [-0.05, 0) is 48.7 Å². The number of urea groups is 1. The number of rotatable bonds is 6. The Kier molecular flexibility index (Phi) is 5.70. The standard InChI is InChI=1S/C21H22ClN3O3/c1-3-4-14-5-11-17(12-6-14)23-18(26)13-25-19(27)21(2,24-20(25)28)15-7-9-16(22)10-8-15/h5-12H,3-4,13H2,1-2H3,(H,23,26)(H,24,28). The first-order chi connectivity index (χ1) is 13.3. The average molecular weight is 400 g/mol. The molecule has 1 atom stereocenters. The highest BCUT2D eigenvalue weighted by Crippen LogP contribution is 2.29. The van der Waals surface area contributed by atoms with Gasteiger partial charge in [-0.3, -0.25) is 14.5 Å². The molecule has 1 heterocycles. The first-order valence-corrected chi connectivity index (χ1v) is 9.50. The van der Waals surface area contributed by atoms with Gasteiger partial charge in [-0.25, -0.2) is 4.79 Å². The van der Waals surface area contributed by atoms with Crippen molar-refractivity contribution < 1.29 is 14.4 Å². The van der Waals surface area contributed by atoms with Gasteiger partial charge in [-0.1, -0.05) is 49.2 Å². The van der Waals surface area contributed by atoms with Gasteiger partial charge in [0.2, 0.25) is 5.91 Å². The fraction of sp³-hybridized carbons (Fsp3) is 0.286. The highest BCUT2D eigenvalue weighted by molar-refractivity contribution is 6.30. The van der Waals surface area contributed by atoms with Crippen LogP contribution in [0.4, 0.5) is 10.5 Å². The summed E-state index contributed by atoms with van der Waals surface area (Å²) in [4.78, 5) is 38.5. The number of hydrogen-bond donors (Lipinski definition) is 2. The lowest BCUT2D eigenvalue weighted by Gasteiger charge is -2.22. The lowest BCUT2D eigenvalue weighted by Crippen LogP contribution is -2.42. The molecular weight excluding hydrogens is 378 g/mol. The maximum Gasteiger partial charge on any atom is 0.325 e. The normalized spacial score (nSPS) is 18.9. The Labute approximate surface area is 168 Å². The quantitative estimate of drug-likeness (QED) is 0.727. The zero-order valence-electron chi connectivity index (χ0n) is 15.8.